The molecular weight excluding hydrogens is 257 g/mol. The van der Waals surface area contributed by atoms with Crippen LogP contribution in [0.5, 0.6) is 5.88 Å². The molecular formula is C13H17F3N2O. The molecule has 1 saturated carbocycles. The predicted octanol–water partition coefficient (Wildman–Crippen LogP) is 3.77. The summed E-state index contributed by atoms with van der Waals surface area (Å²) in [7, 11) is 0. The van der Waals surface area contributed by atoms with Gasteiger partial charge in [-0.3, -0.25) is 0 Å². The Morgan fingerprint density at radius 3 is 2.53 bits per heavy atom. The number of anilines is 1. The maximum Gasteiger partial charge on any atom is 0.422 e. The zero-order valence-corrected chi connectivity index (χ0v) is 10.5. The van der Waals surface area contributed by atoms with Gasteiger partial charge in [0.05, 0.1) is 11.9 Å². The first-order valence-corrected chi connectivity index (χ1v) is 6.45. The van der Waals surface area contributed by atoms with Crippen molar-refractivity contribution in [2.45, 2.75) is 44.3 Å². The first-order chi connectivity index (χ1) is 9.03. The van der Waals surface area contributed by atoms with Gasteiger partial charge >= 0.3 is 6.18 Å². The van der Waals surface area contributed by atoms with Gasteiger partial charge in [-0.05, 0) is 18.9 Å². The molecule has 0 aliphatic heterocycles. The fraction of sp³-hybridized carbons (Fsp3) is 0.615. The molecule has 2 rings (SSSR count). The van der Waals surface area contributed by atoms with E-state index in [9.17, 15) is 13.2 Å². The Balaban J connectivity index is 1.83. The Hall–Kier alpha value is -1.46. The normalized spacial score (nSPS) is 17.2. The molecule has 106 valence electrons. The second kappa shape index (κ2) is 6.12. The molecule has 1 N–H and O–H groups in total. The third-order valence-electron chi connectivity index (χ3n) is 3.10. The van der Waals surface area contributed by atoms with E-state index in [1.54, 1.807) is 6.07 Å². The molecule has 0 atom stereocenters. The Morgan fingerprint density at radius 1 is 1.21 bits per heavy atom. The van der Waals surface area contributed by atoms with Crippen LogP contribution in [0.1, 0.15) is 32.1 Å². The summed E-state index contributed by atoms with van der Waals surface area (Å²) in [6.07, 6.45) is 3.16. The lowest BCUT2D eigenvalue weighted by Crippen LogP contribution is -2.22. The highest BCUT2D eigenvalue weighted by molar-refractivity contribution is 5.43. The number of hydrogen-bond acceptors (Lipinski definition) is 3. The SMILES string of the molecule is FC(F)(F)COc1ccc(NC2CCCCC2)cn1. The van der Waals surface area contributed by atoms with Crippen molar-refractivity contribution in [2.24, 2.45) is 0 Å². The van der Waals surface area contributed by atoms with Crippen LogP contribution in [0.3, 0.4) is 0 Å². The molecule has 1 aliphatic rings. The van der Waals surface area contributed by atoms with Gasteiger partial charge in [-0.15, -0.1) is 0 Å². The molecule has 1 aromatic heterocycles. The Morgan fingerprint density at radius 2 is 1.95 bits per heavy atom. The highest BCUT2D eigenvalue weighted by Gasteiger charge is 2.28. The van der Waals surface area contributed by atoms with Crippen LogP contribution in [0.4, 0.5) is 18.9 Å². The number of nitrogens with one attached hydrogen (secondary N) is 1. The van der Waals surface area contributed by atoms with Gasteiger partial charge in [-0.1, -0.05) is 19.3 Å². The van der Waals surface area contributed by atoms with Gasteiger partial charge in [-0.2, -0.15) is 13.2 Å². The third kappa shape index (κ3) is 4.96. The van der Waals surface area contributed by atoms with E-state index in [1.165, 1.54) is 31.5 Å². The molecule has 0 saturated heterocycles. The molecule has 19 heavy (non-hydrogen) atoms. The summed E-state index contributed by atoms with van der Waals surface area (Å²) < 4.78 is 40.4. The van der Waals surface area contributed by atoms with Gasteiger partial charge in [0, 0.05) is 12.1 Å². The van der Waals surface area contributed by atoms with Crippen LogP contribution in [0.2, 0.25) is 0 Å². The summed E-state index contributed by atoms with van der Waals surface area (Å²) in [4.78, 5) is 3.86. The molecule has 0 bridgehead atoms. The van der Waals surface area contributed by atoms with Gasteiger partial charge in [0.25, 0.3) is 0 Å². The fourth-order valence-electron chi connectivity index (χ4n) is 2.19. The minimum atomic E-state index is -4.33. The molecule has 1 aliphatic carbocycles. The molecule has 6 heteroatoms. The maximum atomic E-state index is 12.0. The summed E-state index contributed by atoms with van der Waals surface area (Å²) in [5.41, 5.74) is 0.825. The van der Waals surface area contributed by atoms with E-state index in [4.69, 9.17) is 0 Å². The fourth-order valence-corrected chi connectivity index (χ4v) is 2.19. The van der Waals surface area contributed by atoms with Crippen LogP contribution >= 0.6 is 0 Å². The van der Waals surface area contributed by atoms with E-state index in [0.29, 0.717) is 6.04 Å². The van der Waals surface area contributed by atoms with Crippen molar-refractivity contribution in [2.75, 3.05) is 11.9 Å². The van der Waals surface area contributed by atoms with Crippen molar-refractivity contribution in [3.63, 3.8) is 0 Å². The number of pyridine rings is 1. The van der Waals surface area contributed by atoms with E-state index in [-0.39, 0.29) is 5.88 Å². The molecule has 1 fully saturated rings. The van der Waals surface area contributed by atoms with Gasteiger partial charge in [0.1, 0.15) is 0 Å². The Bertz CT molecular complexity index is 386. The van der Waals surface area contributed by atoms with Gasteiger partial charge in [0.15, 0.2) is 6.61 Å². The van der Waals surface area contributed by atoms with Crippen molar-refractivity contribution >= 4 is 5.69 Å². The number of aromatic nitrogens is 1. The van der Waals surface area contributed by atoms with Crippen molar-refractivity contribution in [3.05, 3.63) is 18.3 Å². The van der Waals surface area contributed by atoms with E-state index >= 15 is 0 Å². The average molecular weight is 274 g/mol. The van der Waals surface area contributed by atoms with Crippen LogP contribution in [0.25, 0.3) is 0 Å². The molecule has 0 radical (unpaired) electrons. The third-order valence-corrected chi connectivity index (χ3v) is 3.10. The smallest absolute Gasteiger partial charge is 0.422 e. The summed E-state index contributed by atoms with van der Waals surface area (Å²) in [5.74, 6) is -0.00785. The lowest BCUT2D eigenvalue weighted by Gasteiger charge is -2.23. The summed E-state index contributed by atoms with van der Waals surface area (Å²) in [6.45, 7) is -1.31. The van der Waals surface area contributed by atoms with E-state index in [0.717, 1.165) is 18.5 Å². The van der Waals surface area contributed by atoms with Crippen LogP contribution in [-0.4, -0.2) is 23.8 Å². The quantitative estimate of drug-likeness (QED) is 0.907. The number of rotatable bonds is 4. The van der Waals surface area contributed by atoms with E-state index in [1.807, 2.05) is 0 Å². The van der Waals surface area contributed by atoms with Crippen molar-refractivity contribution in [1.82, 2.24) is 4.98 Å². The van der Waals surface area contributed by atoms with Crippen molar-refractivity contribution in [3.8, 4) is 5.88 Å². The van der Waals surface area contributed by atoms with Gasteiger partial charge in [0.2, 0.25) is 5.88 Å². The average Bonchev–Trinajstić information content (AvgIpc) is 2.38. The number of halogens is 3. The summed E-state index contributed by atoms with van der Waals surface area (Å²) in [6, 6.07) is 3.60. The molecule has 0 spiro atoms. The monoisotopic (exact) mass is 274 g/mol. The van der Waals surface area contributed by atoms with Crippen LogP contribution in [0, 0.1) is 0 Å². The van der Waals surface area contributed by atoms with Crippen molar-refractivity contribution in [1.29, 1.82) is 0 Å². The lowest BCUT2D eigenvalue weighted by atomic mass is 9.95. The summed E-state index contributed by atoms with van der Waals surface area (Å²) in [5, 5.41) is 3.34. The lowest BCUT2D eigenvalue weighted by molar-refractivity contribution is -0.154. The molecule has 0 amide bonds. The predicted molar refractivity (Wildman–Crippen MR) is 66.3 cm³/mol. The molecule has 3 nitrogen and oxygen atoms in total. The molecule has 1 aromatic rings. The van der Waals surface area contributed by atoms with E-state index in [2.05, 4.69) is 15.0 Å². The molecule has 0 aromatic carbocycles. The van der Waals surface area contributed by atoms with Gasteiger partial charge in [-0.25, -0.2) is 4.98 Å². The largest absolute Gasteiger partial charge is 0.468 e. The van der Waals surface area contributed by atoms with Crippen molar-refractivity contribution < 1.29 is 17.9 Å². The van der Waals surface area contributed by atoms with Gasteiger partial charge < -0.3 is 10.1 Å². The number of alkyl halides is 3. The van der Waals surface area contributed by atoms with Crippen LogP contribution in [-0.2, 0) is 0 Å². The Labute approximate surface area is 110 Å². The maximum absolute atomic E-state index is 12.0. The van der Waals surface area contributed by atoms with Crippen LogP contribution < -0.4 is 10.1 Å². The standard InChI is InChI=1S/C13H17F3N2O/c14-13(15,16)9-19-12-7-6-11(8-17-12)18-10-4-2-1-3-5-10/h6-8,10,18H,1-5,9H2. The molecule has 1 heterocycles. The zero-order valence-electron chi connectivity index (χ0n) is 10.5. The first kappa shape index (κ1) is 14.0. The second-order valence-electron chi connectivity index (χ2n) is 4.77. The number of hydrogen-bond donors (Lipinski definition) is 1. The first-order valence-electron chi connectivity index (χ1n) is 6.45. The highest BCUT2D eigenvalue weighted by Crippen LogP contribution is 2.22. The Kier molecular flexibility index (Phi) is 4.50. The molecule has 0 unspecified atom stereocenters. The minimum absolute atomic E-state index is 0.00785. The second-order valence-corrected chi connectivity index (χ2v) is 4.77. The number of ether oxygens (including phenoxy) is 1. The highest BCUT2D eigenvalue weighted by atomic mass is 19.4. The minimum Gasteiger partial charge on any atom is -0.468 e. The van der Waals surface area contributed by atoms with E-state index < -0.39 is 12.8 Å². The zero-order chi connectivity index (χ0) is 13.7. The number of nitrogens with zero attached hydrogens (tertiary/aromatic N) is 1. The topological polar surface area (TPSA) is 34.1 Å². The summed E-state index contributed by atoms with van der Waals surface area (Å²) >= 11 is 0. The van der Waals surface area contributed by atoms with Crippen LogP contribution in [0.15, 0.2) is 18.3 Å².